The zero-order valence-corrected chi connectivity index (χ0v) is 13.7. The number of carboxylic acid groups (broad SMARTS) is 1. The van der Waals surface area contributed by atoms with Gasteiger partial charge in [0.25, 0.3) is 5.91 Å². The number of carbonyl (C=O) groups is 3. The Morgan fingerprint density at radius 2 is 1.92 bits per heavy atom. The number of carbonyl (C=O) groups excluding carboxylic acids is 2. The third-order valence-electron chi connectivity index (χ3n) is 3.62. The molecule has 130 valence electrons. The number of nitrogens with one attached hydrogen (secondary N) is 1. The van der Waals surface area contributed by atoms with Crippen LogP contribution in [0.3, 0.4) is 0 Å². The molecule has 1 aliphatic heterocycles. The highest BCUT2D eigenvalue weighted by Gasteiger charge is 2.28. The van der Waals surface area contributed by atoms with Crippen molar-refractivity contribution in [2.45, 2.75) is 13.0 Å². The first-order chi connectivity index (χ1) is 11.2. The largest absolute Gasteiger partial charge is 0.477 e. The van der Waals surface area contributed by atoms with Crippen LogP contribution in [-0.4, -0.2) is 71.8 Å². The van der Waals surface area contributed by atoms with E-state index in [-0.39, 0.29) is 41.8 Å². The highest BCUT2D eigenvalue weighted by atomic mass is 32.2. The average Bonchev–Trinajstić information content (AvgIpc) is 2.54. The molecule has 0 aromatic carbocycles. The van der Waals surface area contributed by atoms with Crippen molar-refractivity contribution >= 4 is 27.6 Å². The van der Waals surface area contributed by atoms with Gasteiger partial charge in [-0.05, 0) is 19.1 Å². The molecule has 1 aliphatic rings. The molecule has 1 aromatic heterocycles. The molecule has 9 nitrogen and oxygen atoms in total. The summed E-state index contributed by atoms with van der Waals surface area (Å²) in [6.45, 7) is 1.68. The third-order valence-corrected chi connectivity index (χ3v) is 5.22. The van der Waals surface area contributed by atoms with E-state index in [0.29, 0.717) is 0 Å². The maximum absolute atomic E-state index is 12.3. The van der Waals surface area contributed by atoms with Crippen molar-refractivity contribution in [3.63, 3.8) is 0 Å². The van der Waals surface area contributed by atoms with Crippen LogP contribution in [0.5, 0.6) is 0 Å². The Morgan fingerprint density at radius 3 is 2.50 bits per heavy atom. The second-order valence-electron chi connectivity index (χ2n) is 5.41. The zero-order chi connectivity index (χ0) is 17.9. The summed E-state index contributed by atoms with van der Waals surface area (Å²) in [7, 11) is -3.10. The van der Waals surface area contributed by atoms with Gasteiger partial charge in [0, 0.05) is 24.8 Å². The van der Waals surface area contributed by atoms with Crippen LogP contribution < -0.4 is 5.32 Å². The number of aromatic nitrogens is 1. The van der Waals surface area contributed by atoms with E-state index in [1.807, 2.05) is 0 Å². The number of sulfone groups is 1. The van der Waals surface area contributed by atoms with E-state index in [0.717, 1.165) is 6.07 Å². The van der Waals surface area contributed by atoms with Gasteiger partial charge >= 0.3 is 5.97 Å². The van der Waals surface area contributed by atoms with Crippen LogP contribution in [0, 0.1) is 0 Å². The number of carboxylic acids is 1. The lowest BCUT2D eigenvalue weighted by Crippen LogP contribution is -2.51. The standard InChI is InChI=1S/C14H17N3O6S/c1-9(13(19)17-4-6-24(22,23)7-5-17)16-12(18)10-2-3-15-11(8-10)14(20)21/h2-3,8-9H,4-7H2,1H3,(H,16,18)(H,20,21). The minimum Gasteiger partial charge on any atom is -0.477 e. The normalized spacial score (nSPS) is 17.8. The molecule has 1 atom stereocenters. The predicted molar refractivity (Wildman–Crippen MR) is 83.4 cm³/mol. The van der Waals surface area contributed by atoms with E-state index in [1.165, 1.54) is 24.1 Å². The molecule has 1 unspecified atom stereocenters. The molecule has 1 saturated heterocycles. The number of pyridine rings is 1. The lowest BCUT2D eigenvalue weighted by molar-refractivity contribution is -0.132. The molecule has 1 aromatic rings. The van der Waals surface area contributed by atoms with Crippen molar-refractivity contribution < 1.29 is 27.9 Å². The van der Waals surface area contributed by atoms with Gasteiger partial charge in [0.2, 0.25) is 5.91 Å². The van der Waals surface area contributed by atoms with Crippen LogP contribution in [0.1, 0.15) is 27.8 Å². The Kier molecular flexibility index (Phi) is 5.17. The first kappa shape index (κ1) is 17.9. The molecule has 0 bridgehead atoms. The summed E-state index contributed by atoms with van der Waals surface area (Å²) in [5.74, 6) is -2.43. The molecular weight excluding hydrogens is 338 g/mol. The highest BCUT2D eigenvalue weighted by Crippen LogP contribution is 2.07. The fraction of sp³-hybridized carbons (Fsp3) is 0.429. The molecule has 1 fully saturated rings. The van der Waals surface area contributed by atoms with Gasteiger partial charge in [0.15, 0.2) is 9.84 Å². The molecule has 0 saturated carbocycles. The number of hydrogen-bond acceptors (Lipinski definition) is 6. The summed E-state index contributed by atoms with van der Waals surface area (Å²) in [6, 6.07) is 1.59. The van der Waals surface area contributed by atoms with E-state index in [4.69, 9.17) is 5.11 Å². The fourth-order valence-electron chi connectivity index (χ4n) is 2.24. The maximum Gasteiger partial charge on any atom is 0.354 e. The van der Waals surface area contributed by atoms with Crippen LogP contribution in [0.2, 0.25) is 0 Å². The van der Waals surface area contributed by atoms with Crippen molar-refractivity contribution in [2.24, 2.45) is 0 Å². The minimum atomic E-state index is -3.10. The summed E-state index contributed by atoms with van der Waals surface area (Å²) >= 11 is 0. The fourth-order valence-corrected chi connectivity index (χ4v) is 3.44. The predicted octanol–water partition coefficient (Wildman–Crippen LogP) is -0.845. The second kappa shape index (κ2) is 6.95. The van der Waals surface area contributed by atoms with Gasteiger partial charge in [0.1, 0.15) is 11.7 Å². The van der Waals surface area contributed by atoms with E-state index in [9.17, 15) is 22.8 Å². The maximum atomic E-state index is 12.3. The molecular formula is C14H17N3O6S. The van der Waals surface area contributed by atoms with Gasteiger partial charge in [0.05, 0.1) is 11.5 Å². The van der Waals surface area contributed by atoms with E-state index < -0.39 is 27.8 Å². The molecule has 2 N–H and O–H groups in total. The summed E-state index contributed by atoms with van der Waals surface area (Å²) in [4.78, 5) is 40.2. The van der Waals surface area contributed by atoms with Crippen LogP contribution in [0.15, 0.2) is 18.3 Å². The zero-order valence-electron chi connectivity index (χ0n) is 12.9. The Hall–Kier alpha value is -2.49. The number of amides is 2. The monoisotopic (exact) mass is 355 g/mol. The number of rotatable bonds is 4. The topological polar surface area (TPSA) is 134 Å². The van der Waals surface area contributed by atoms with Crippen molar-refractivity contribution in [3.8, 4) is 0 Å². The summed E-state index contributed by atoms with van der Waals surface area (Å²) in [5.41, 5.74) is -0.203. The van der Waals surface area contributed by atoms with E-state index in [2.05, 4.69) is 10.3 Å². The Bertz CT molecular complexity index is 762. The number of nitrogens with zero attached hydrogens (tertiary/aromatic N) is 2. The SMILES string of the molecule is CC(NC(=O)c1ccnc(C(=O)O)c1)C(=O)N1CCS(=O)(=O)CC1. The smallest absolute Gasteiger partial charge is 0.354 e. The summed E-state index contributed by atoms with van der Waals surface area (Å²) in [5, 5.41) is 11.3. The molecule has 10 heteroatoms. The van der Waals surface area contributed by atoms with Gasteiger partial charge < -0.3 is 15.3 Å². The molecule has 0 spiro atoms. The quantitative estimate of drug-likeness (QED) is 0.719. The third kappa shape index (κ3) is 4.28. The van der Waals surface area contributed by atoms with Crippen LogP contribution in [0.25, 0.3) is 0 Å². The van der Waals surface area contributed by atoms with E-state index >= 15 is 0 Å². The Balaban J connectivity index is 2.00. The first-order valence-electron chi connectivity index (χ1n) is 7.19. The van der Waals surface area contributed by atoms with Crippen molar-refractivity contribution in [2.75, 3.05) is 24.6 Å². The Morgan fingerprint density at radius 1 is 1.29 bits per heavy atom. The highest BCUT2D eigenvalue weighted by molar-refractivity contribution is 7.91. The number of hydrogen-bond donors (Lipinski definition) is 2. The summed E-state index contributed by atoms with van der Waals surface area (Å²) < 4.78 is 22.8. The second-order valence-corrected chi connectivity index (χ2v) is 7.71. The van der Waals surface area contributed by atoms with Crippen molar-refractivity contribution in [1.82, 2.24) is 15.2 Å². The molecule has 2 rings (SSSR count). The molecule has 2 amide bonds. The lowest BCUT2D eigenvalue weighted by Gasteiger charge is -2.29. The van der Waals surface area contributed by atoms with Gasteiger partial charge in [-0.25, -0.2) is 18.2 Å². The Labute approximate surface area is 138 Å². The van der Waals surface area contributed by atoms with Crippen LogP contribution in [-0.2, 0) is 14.6 Å². The van der Waals surface area contributed by atoms with Crippen LogP contribution in [0.4, 0.5) is 0 Å². The molecule has 0 radical (unpaired) electrons. The van der Waals surface area contributed by atoms with Crippen LogP contribution >= 0.6 is 0 Å². The lowest BCUT2D eigenvalue weighted by atomic mass is 10.2. The minimum absolute atomic E-state index is 0.0725. The first-order valence-corrected chi connectivity index (χ1v) is 9.01. The van der Waals surface area contributed by atoms with E-state index in [1.54, 1.807) is 0 Å². The van der Waals surface area contributed by atoms with Gasteiger partial charge in [-0.1, -0.05) is 0 Å². The van der Waals surface area contributed by atoms with Crippen molar-refractivity contribution in [3.05, 3.63) is 29.6 Å². The van der Waals surface area contributed by atoms with Gasteiger partial charge in [-0.15, -0.1) is 0 Å². The number of aromatic carboxylic acids is 1. The van der Waals surface area contributed by atoms with Crippen molar-refractivity contribution in [1.29, 1.82) is 0 Å². The average molecular weight is 355 g/mol. The molecule has 0 aliphatic carbocycles. The van der Waals surface area contributed by atoms with Gasteiger partial charge in [-0.2, -0.15) is 0 Å². The van der Waals surface area contributed by atoms with Gasteiger partial charge in [-0.3, -0.25) is 9.59 Å². The molecule has 2 heterocycles. The molecule has 24 heavy (non-hydrogen) atoms. The summed E-state index contributed by atoms with van der Waals surface area (Å²) in [6.07, 6.45) is 1.19.